The van der Waals surface area contributed by atoms with Gasteiger partial charge in [-0.3, -0.25) is 9.58 Å². The SMILES string of the molecule is Cn1cc(CNc2ccc(CN3CCCC3)cc2)nn1. The minimum Gasteiger partial charge on any atom is -0.379 e. The van der Waals surface area contributed by atoms with E-state index < -0.39 is 0 Å². The van der Waals surface area contributed by atoms with Crippen LogP contribution in [0, 0.1) is 0 Å². The second kappa shape index (κ2) is 6.05. The molecule has 0 atom stereocenters. The number of aromatic nitrogens is 3. The predicted octanol–water partition coefficient (Wildman–Crippen LogP) is 2.02. The summed E-state index contributed by atoms with van der Waals surface area (Å²) in [6.45, 7) is 4.27. The highest BCUT2D eigenvalue weighted by atomic mass is 15.4. The monoisotopic (exact) mass is 271 g/mol. The summed E-state index contributed by atoms with van der Waals surface area (Å²) in [6, 6.07) is 8.69. The summed E-state index contributed by atoms with van der Waals surface area (Å²) in [4.78, 5) is 2.52. The Morgan fingerprint density at radius 2 is 1.90 bits per heavy atom. The summed E-state index contributed by atoms with van der Waals surface area (Å²) in [5.74, 6) is 0. The average Bonchev–Trinajstić information content (AvgIpc) is 3.10. The van der Waals surface area contributed by atoms with Gasteiger partial charge in [-0.2, -0.15) is 0 Å². The molecule has 106 valence electrons. The van der Waals surface area contributed by atoms with Gasteiger partial charge in [-0.25, -0.2) is 0 Å². The van der Waals surface area contributed by atoms with Gasteiger partial charge in [0.15, 0.2) is 0 Å². The summed E-state index contributed by atoms with van der Waals surface area (Å²) in [5.41, 5.74) is 3.46. The molecule has 1 fully saturated rings. The maximum absolute atomic E-state index is 4.06. The van der Waals surface area contributed by atoms with E-state index in [1.807, 2.05) is 13.2 Å². The maximum atomic E-state index is 4.06. The molecule has 5 nitrogen and oxygen atoms in total. The molecule has 1 aromatic carbocycles. The number of rotatable bonds is 5. The first-order chi connectivity index (χ1) is 9.79. The van der Waals surface area contributed by atoms with Crippen molar-refractivity contribution in [1.29, 1.82) is 0 Å². The Hall–Kier alpha value is -1.88. The van der Waals surface area contributed by atoms with Crippen LogP contribution < -0.4 is 5.32 Å². The van der Waals surface area contributed by atoms with Crippen molar-refractivity contribution in [3.05, 3.63) is 41.7 Å². The fourth-order valence-electron chi connectivity index (χ4n) is 2.60. The lowest BCUT2D eigenvalue weighted by atomic mass is 10.2. The highest BCUT2D eigenvalue weighted by Gasteiger charge is 2.11. The number of nitrogens with one attached hydrogen (secondary N) is 1. The van der Waals surface area contributed by atoms with Gasteiger partial charge in [-0.05, 0) is 43.6 Å². The Bertz CT molecular complexity index is 540. The third-order valence-corrected chi connectivity index (χ3v) is 3.68. The highest BCUT2D eigenvalue weighted by Crippen LogP contribution is 2.15. The molecular formula is C15H21N5. The highest BCUT2D eigenvalue weighted by molar-refractivity contribution is 5.44. The van der Waals surface area contributed by atoms with Crippen molar-refractivity contribution in [3.63, 3.8) is 0 Å². The number of nitrogens with zero attached hydrogens (tertiary/aromatic N) is 4. The van der Waals surface area contributed by atoms with E-state index in [1.54, 1.807) is 4.68 Å². The van der Waals surface area contributed by atoms with Crippen molar-refractivity contribution < 1.29 is 0 Å². The number of aryl methyl sites for hydroxylation is 1. The lowest BCUT2D eigenvalue weighted by Crippen LogP contribution is -2.18. The Labute approximate surface area is 119 Å². The van der Waals surface area contributed by atoms with Gasteiger partial charge in [0.25, 0.3) is 0 Å². The van der Waals surface area contributed by atoms with Crippen molar-refractivity contribution in [3.8, 4) is 0 Å². The first kappa shape index (κ1) is 13.1. The average molecular weight is 271 g/mol. The predicted molar refractivity (Wildman–Crippen MR) is 79.3 cm³/mol. The molecule has 3 rings (SSSR count). The molecule has 0 aliphatic carbocycles. The van der Waals surface area contributed by atoms with E-state index in [9.17, 15) is 0 Å². The molecule has 0 spiro atoms. The quantitative estimate of drug-likeness (QED) is 0.904. The molecule has 1 saturated heterocycles. The van der Waals surface area contributed by atoms with E-state index in [0.717, 1.165) is 17.9 Å². The zero-order chi connectivity index (χ0) is 13.8. The van der Waals surface area contributed by atoms with Crippen LogP contribution in [0.3, 0.4) is 0 Å². The maximum Gasteiger partial charge on any atom is 0.102 e. The summed E-state index contributed by atoms with van der Waals surface area (Å²) < 4.78 is 1.72. The second-order valence-electron chi connectivity index (χ2n) is 5.42. The molecule has 2 aromatic rings. The van der Waals surface area contributed by atoms with Gasteiger partial charge in [0.05, 0.1) is 6.54 Å². The lowest BCUT2D eigenvalue weighted by molar-refractivity contribution is 0.331. The van der Waals surface area contributed by atoms with Gasteiger partial charge in [0, 0.05) is 25.5 Å². The minimum absolute atomic E-state index is 0.708. The smallest absolute Gasteiger partial charge is 0.102 e. The van der Waals surface area contributed by atoms with E-state index in [-0.39, 0.29) is 0 Å². The fraction of sp³-hybridized carbons (Fsp3) is 0.467. The molecule has 1 N–H and O–H groups in total. The van der Waals surface area contributed by atoms with Gasteiger partial charge in [0.2, 0.25) is 0 Å². The van der Waals surface area contributed by atoms with Crippen LogP contribution in [-0.4, -0.2) is 33.0 Å². The molecule has 0 saturated carbocycles. The molecule has 0 unspecified atom stereocenters. The second-order valence-corrected chi connectivity index (χ2v) is 5.42. The van der Waals surface area contributed by atoms with Gasteiger partial charge >= 0.3 is 0 Å². The van der Waals surface area contributed by atoms with Gasteiger partial charge in [0.1, 0.15) is 5.69 Å². The fourth-order valence-corrected chi connectivity index (χ4v) is 2.60. The van der Waals surface area contributed by atoms with Crippen LogP contribution in [0.25, 0.3) is 0 Å². The van der Waals surface area contributed by atoms with Crippen LogP contribution in [0.1, 0.15) is 24.1 Å². The van der Waals surface area contributed by atoms with Gasteiger partial charge < -0.3 is 5.32 Å². The number of anilines is 1. The molecule has 1 aromatic heterocycles. The van der Waals surface area contributed by atoms with E-state index in [0.29, 0.717) is 6.54 Å². The summed E-state index contributed by atoms with van der Waals surface area (Å²) in [7, 11) is 1.88. The Morgan fingerprint density at radius 1 is 1.15 bits per heavy atom. The first-order valence-electron chi connectivity index (χ1n) is 7.20. The van der Waals surface area contributed by atoms with Crippen LogP contribution in [-0.2, 0) is 20.1 Å². The van der Waals surface area contributed by atoms with E-state index >= 15 is 0 Å². The standard InChI is InChI=1S/C15H21N5/c1-19-12-15(17-18-19)10-16-14-6-4-13(5-7-14)11-20-8-2-3-9-20/h4-7,12,16H,2-3,8-11H2,1H3. The van der Waals surface area contributed by atoms with Crippen molar-refractivity contribution >= 4 is 5.69 Å². The van der Waals surface area contributed by atoms with Crippen LogP contribution in [0.4, 0.5) is 5.69 Å². The topological polar surface area (TPSA) is 46.0 Å². The lowest BCUT2D eigenvalue weighted by Gasteiger charge is -2.14. The van der Waals surface area contributed by atoms with E-state index in [2.05, 4.69) is 44.8 Å². The molecule has 0 amide bonds. The summed E-state index contributed by atoms with van der Waals surface area (Å²) in [5, 5.41) is 11.3. The summed E-state index contributed by atoms with van der Waals surface area (Å²) in [6.07, 6.45) is 4.62. The Balaban J connectivity index is 1.52. The van der Waals surface area contributed by atoms with Crippen LogP contribution in [0.5, 0.6) is 0 Å². The van der Waals surface area contributed by atoms with Gasteiger partial charge in [-0.1, -0.05) is 17.3 Å². The third-order valence-electron chi connectivity index (χ3n) is 3.68. The Morgan fingerprint density at radius 3 is 2.55 bits per heavy atom. The Kier molecular flexibility index (Phi) is 3.97. The van der Waals surface area contributed by atoms with Crippen LogP contribution in [0.15, 0.2) is 30.5 Å². The zero-order valence-electron chi connectivity index (χ0n) is 11.9. The molecule has 20 heavy (non-hydrogen) atoms. The van der Waals surface area contributed by atoms with Crippen molar-refractivity contribution in [2.75, 3.05) is 18.4 Å². The molecular weight excluding hydrogens is 250 g/mol. The molecule has 2 heterocycles. The van der Waals surface area contributed by atoms with Crippen LogP contribution >= 0.6 is 0 Å². The van der Waals surface area contributed by atoms with Crippen LogP contribution in [0.2, 0.25) is 0 Å². The van der Waals surface area contributed by atoms with Crippen molar-refractivity contribution in [2.24, 2.45) is 7.05 Å². The van der Waals surface area contributed by atoms with Crippen molar-refractivity contribution in [1.82, 2.24) is 19.9 Å². The first-order valence-corrected chi connectivity index (χ1v) is 7.20. The minimum atomic E-state index is 0.708. The molecule has 5 heteroatoms. The molecule has 1 aliphatic heterocycles. The number of hydrogen-bond donors (Lipinski definition) is 1. The number of hydrogen-bond acceptors (Lipinski definition) is 4. The van der Waals surface area contributed by atoms with Gasteiger partial charge in [-0.15, -0.1) is 5.10 Å². The largest absolute Gasteiger partial charge is 0.379 e. The number of likely N-dealkylation sites (tertiary alicyclic amines) is 1. The number of benzene rings is 1. The normalized spacial score (nSPS) is 15.7. The third kappa shape index (κ3) is 3.36. The zero-order valence-corrected chi connectivity index (χ0v) is 11.9. The molecule has 0 radical (unpaired) electrons. The van der Waals surface area contributed by atoms with Crippen molar-refractivity contribution in [2.45, 2.75) is 25.9 Å². The molecule has 1 aliphatic rings. The van der Waals surface area contributed by atoms with E-state index in [1.165, 1.54) is 31.5 Å². The molecule has 0 bridgehead atoms. The van der Waals surface area contributed by atoms with E-state index in [4.69, 9.17) is 0 Å². The summed E-state index contributed by atoms with van der Waals surface area (Å²) >= 11 is 0.